The quantitative estimate of drug-likeness (QED) is 0.634. The van der Waals surface area contributed by atoms with Gasteiger partial charge in [0.1, 0.15) is 5.82 Å². The van der Waals surface area contributed by atoms with Gasteiger partial charge in [-0.05, 0) is 31.0 Å². The smallest absolute Gasteiger partial charge is 0.241 e. The minimum atomic E-state index is -3.70. The lowest BCUT2D eigenvalue weighted by atomic mass is 10.3. The van der Waals surface area contributed by atoms with E-state index in [4.69, 9.17) is 5.73 Å². The third-order valence-electron chi connectivity index (χ3n) is 2.53. The first kappa shape index (κ1) is 12.1. The molecule has 0 atom stereocenters. The number of nitrogen functional groups attached to an aromatic ring is 1. The summed E-state index contributed by atoms with van der Waals surface area (Å²) >= 11 is 0. The fourth-order valence-corrected chi connectivity index (χ4v) is 3.07. The second-order valence-corrected chi connectivity index (χ2v) is 5.70. The Morgan fingerprint density at radius 1 is 1.24 bits per heavy atom. The van der Waals surface area contributed by atoms with Crippen molar-refractivity contribution in [3.05, 3.63) is 36.2 Å². The maximum absolute atomic E-state index is 13.1. The third kappa shape index (κ3) is 2.83. The van der Waals surface area contributed by atoms with Crippen LogP contribution >= 0.6 is 0 Å². The highest BCUT2D eigenvalue weighted by molar-refractivity contribution is 7.89. The molecule has 4 nitrogen and oxygen atoms in total. The number of nitrogens with two attached hydrogens (primary N) is 1. The summed E-state index contributed by atoms with van der Waals surface area (Å²) in [6.45, 7) is 0. The molecule has 0 amide bonds. The lowest BCUT2D eigenvalue weighted by Gasteiger charge is -2.13. The lowest BCUT2D eigenvalue weighted by molar-refractivity contribution is 0.555. The fourth-order valence-electron chi connectivity index (χ4n) is 1.74. The van der Waals surface area contributed by atoms with E-state index in [1.807, 2.05) is 12.2 Å². The molecule has 2 rings (SSSR count). The first-order valence-electron chi connectivity index (χ1n) is 5.21. The van der Waals surface area contributed by atoms with E-state index in [1.165, 1.54) is 6.07 Å². The van der Waals surface area contributed by atoms with Crippen molar-refractivity contribution in [2.24, 2.45) is 0 Å². The van der Waals surface area contributed by atoms with Gasteiger partial charge in [-0.3, -0.25) is 0 Å². The minimum absolute atomic E-state index is 0.0925. The Kier molecular flexibility index (Phi) is 3.17. The summed E-state index contributed by atoms with van der Waals surface area (Å²) < 4.78 is 39.5. The molecule has 0 bridgehead atoms. The van der Waals surface area contributed by atoms with E-state index in [0.29, 0.717) is 12.8 Å². The molecule has 6 heteroatoms. The second-order valence-electron chi connectivity index (χ2n) is 3.98. The van der Waals surface area contributed by atoms with E-state index in [-0.39, 0.29) is 16.6 Å². The molecule has 1 aromatic carbocycles. The summed E-state index contributed by atoms with van der Waals surface area (Å²) in [6.07, 6.45) is 5.13. The summed E-state index contributed by atoms with van der Waals surface area (Å²) in [7, 11) is -3.70. The maximum atomic E-state index is 13.1. The zero-order chi connectivity index (χ0) is 12.5. The number of nitrogens with one attached hydrogen (secondary N) is 1. The highest BCUT2D eigenvalue weighted by atomic mass is 32.2. The Morgan fingerprint density at radius 2 is 1.88 bits per heavy atom. The average Bonchev–Trinajstić information content (AvgIpc) is 2.68. The summed E-state index contributed by atoms with van der Waals surface area (Å²) in [5.74, 6) is -0.657. The van der Waals surface area contributed by atoms with Gasteiger partial charge >= 0.3 is 0 Å². The normalized spacial score (nSPS) is 16.5. The first-order valence-corrected chi connectivity index (χ1v) is 6.69. The maximum Gasteiger partial charge on any atom is 0.241 e. The highest BCUT2D eigenvalue weighted by Gasteiger charge is 2.21. The van der Waals surface area contributed by atoms with E-state index in [1.54, 1.807) is 0 Å². The van der Waals surface area contributed by atoms with Gasteiger partial charge in [-0.15, -0.1) is 0 Å². The molecule has 0 radical (unpaired) electrons. The van der Waals surface area contributed by atoms with Crippen LogP contribution in [0.4, 0.5) is 10.1 Å². The number of anilines is 1. The van der Waals surface area contributed by atoms with E-state index in [9.17, 15) is 12.8 Å². The molecule has 1 aliphatic rings. The van der Waals surface area contributed by atoms with Crippen LogP contribution in [0.2, 0.25) is 0 Å². The third-order valence-corrected chi connectivity index (χ3v) is 4.03. The molecule has 0 aromatic heterocycles. The predicted molar refractivity (Wildman–Crippen MR) is 63.3 cm³/mol. The van der Waals surface area contributed by atoms with Crippen LogP contribution in [0, 0.1) is 5.82 Å². The molecule has 0 aliphatic heterocycles. The molecule has 92 valence electrons. The van der Waals surface area contributed by atoms with Crippen LogP contribution < -0.4 is 10.5 Å². The Labute approximate surface area is 99.4 Å². The van der Waals surface area contributed by atoms with Crippen LogP contribution in [0.3, 0.4) is 0 Å². The van der Waals surface area contributed by atoms with E-state index < -0.39 is 15.8 Å². The van der Waals surface area contributed by atoms with E-state index in [2.05, 4.69) is 4.72 Å². The van der Waals surface area contributed by atoms with Crippen LogP contribution in [0.25, 0.3) is 0 Å². The molecule has 1 aromatic rings. The van der Waals surface area contributed by atoms with Crippen molar-refractivity contribution in [2.75, 3.05) is 5.73 Å². The Balaban J connectivity index is 2.24. The molecule has 3 N–H and O–H groups in total. The summed E-state index contributed by atoms with van der Waals surface area (Å²) in [6, 6.07) is 3.13. The number of benzene rings is 1. The number of sulfonamides is 1. The van der Waals surface area contributed by atoms with Crippen molar-refractivity contribution in [1.29, 1.82) is 0 Å². The van der Waals surface area contributed by atoms with Crippen LogP contribution in [0.5, 0.6) is 0 Å². The van der Waals surface area contributed by atoms with Gasteiger partial charge in [0, 0.05) is 11.7 Å². The van der Waals surface area contributed by atoms with Crippen molar-refractivity contribution in [3.8, 4) is 0 Å². The van der Waals surface area contributed by atoms with Crippen molar-refractivity contribution >= 4 is 15.7 Å². The van der Waals surface area contributed by atoms with Gasteiger partial charge < -0.3 is 5.73 Å². The Hall–Kier alpha value is -1.40. The molecule has 0 saturated carbocycles. The van der Waals surface area contributed by atoms with Gasteiger partial charge in [-0.2, -0.15) is 0 Å². The van der Waals surface area contributed by atoms with Gasteiger partial charge in [0.15, 0.2) is 0 Å². The molecule has 17 heavy (non-hydrogen) atoms. The van der Waals surface area contributed by atoms with Crippen molar-refractivity contribution in [1.82, 2.24) is 4.72 Å². The van der Waals surface area contributed by atoms with E-state index in [0.717, 1.165) is 12.1 Å². The second kappa shape index (κ2) is 4.46. The predicted octanol–water partition coefficient (Wildman–Crippen LogP) is 1.40. The summed E-state index contributed by atoms with van der Waals surface area (Å²) in [4.78, 5) is -0.137. The zero-order valence-electron chi connectivity index (χ0n) is 9.06. The van der Waals surface area contributed by atoms with Gasteiger partial charge in [-0.25, -0.2) is 17.5 Å². The molecule has 0 heterocycles. The van der Waals surface area contributed by atoms with Gasteiger partial charge in [-0.1, -0.05) is 12.2 Å². The molecular formula is C11H13FN2O2S. The number of rotatable bonds is 3. The molecule has 0 unspecified atom stereocenters. The van der Waals surface area contributed by atoms with Crippen LogP contribution in [0.1, 0.15) is 12.8 Å². The Morgan fingerprint density at radius 3 is 2.47 bits per heavy atom. The topological polar surface area (TPSA) is 72.2 Å². The summed E-state index contributed by atoms with van der Waals surface area (Å²) in [5.41, 5.74) is 5.51. The highest BCUT2D eigenvalue weighted by Crippen LogP contribution is 2.18. The fraction of sp³-hybridized carbons (Fsp3) is 0.273. The SMILES string of the molecule is Nc1cc(F)cc(S(=O)(=O)NC2CC=CC2)c1. The Bertz CT molecular complexity index is 526. The van der Waals surface area contributed by atoms with Gasteiger partial charge in [0.25, 0.3) is 0 Å². The largest absolute Gasteiger partial charge is 0.399 e. The summed E-state index contributed by atoms with van der Waals surface area (Å²) in [5, 5.41) is 0. The molecule has 0 saturated heterocycles. The standard InChI is InChI=1S/C11H13FN2O2S/c12-8-5-9(13)7-11(6-8)17(15,16)14-10-3-1-2-4-10/h1-2,5-7,10,14H,3-4,13H2. The van der Waals surface area contributed by atoms with Crippen molar-refractivity contribution < 1.29 is 12.8 Å². The van der Waals surface area contributed by atoms with Crippen LogP contribution in [0.15, 0.2) is 35.2 Å². The van der Waals surface area contributed by atoms with Crippen molar-refractivity contribution in [2.45, 2.75) is 23.8 Å². The number of hydrogen-bond donors (Lipinski definition) is 2. The van der Waals surface area contributed by atoms with E-state index >= 15 is 0 Å². The lowest BCUT2D eigenvalue weighted by Crippen LogP contribution is -2.33. The minimum Gasteiger partial charge on any atom is -0.399 e. The monoisotopic (exact) mass is 256 g/mol. The van der Waals surface area contributed by atoms with Crippen molar-refractivity contribution in [3.63, 3.8) is 0 Å². The van der Waals surface area contributed by atoms with Gasteiger partial charge in [0.2, 0.25) is 10.0 Å². The van der Waals surface area contributed by atoms with Crippen LogP contribution in [-0.4, -0.2) is 14.5 Å². The molecular weight excluding hydrogens is 243 g/mol. The average molecular weight is 256 g/mol. The molecule has 1 aliphatic carbocycles. The van der Waals surface area contributed by atoms with Crippen LogP contribution in [-0.2, 0) is 10.0 Å². The van der Waals surface area contributed by atoms with Gasteiger partial charge in [0.05, 0.1) is 4.90 Å². The number of halogens is 1. The molecule has 0 fully saturated rings. The zero-order valence-corrected chi connectivity index (χ0v) is 9.87. The molecule has 0 spiro atoms. The first-order chi connectivity index (χ1) is 7.97. The number of hydrogen-bond acceptors (Lipinski definition) is 3.